The molecule has 2 N–H and O–H groups in total. The maximum atomic E-state index is 13.6. The van der Waals surface area contributed by atoms with Gasteiger partial charge in [0.05, 0.1) is 12.2 Å². The van der Waals surface area contributed by atoms with Gasteiger partial charge in [-0.15, -0.1) is 0 Å². The van der Waals surface area contributed by atoms with Crippen LogP contribution in [0.3, 0.4) is 0 Å². The molecule has 1 aromatic carbocycles. The Balaban J connectivity index is 1.77. The molecule has 0 aromatic heterocycles. The summed E-state index contributed by atoms with van der Waals surface area (Å²) < 4.78 is 110. The van der Waals surface area contributed by atoms with Crippen molar-refractivity contribution < 1.29 is 45.0 Å². The number of nitrogens with one attached hydrogen (secondary N) is 1. The molecule has 2 aliphatic rings. The van der Waals surface area contributed by atoms with Crippen molar-refractivity contribution >= 4 is 0 Å². The second kappa shape index (κ2) is 10.3. The fourth-order valence-corrected chi connectivity index (χ4v) is 4.92. The number of halogens is 8. The minimum Gasteiger partial charge on any atom is -0.382 e. The third-order valence-electron chi connectivity index (χ3n) is 6.75. The first-order chi connectivity index (χ1) is 15.7. The first-order valence-corrected chi connectivity index (χ1v) is 11.4. The van der Waals surface area contributed by atoms with Crippen molar-refractivity contribution in [3.05, 3.63) is 35.4 Å². The Morgan fingerprint density at radius 3 is 2.06 bits per heavy atom. The van der Waals surface area contributed by atoms with Crippen LogP contribution in [0.4, 0.5) is 35.1 Å². The van der Waals surface area contributed by atoms with E-state index in [1.165, 1.54) is 0 Å². The van der Waals surface area contributed by atoms with E-state index in [4.69, 9.17) is 4.74 Å². The number of alkyl halides is 8. The first kappa shape index (κ1) is 27.1. The zero-order valence-corrected chi connectivity index (χ0v) is 18.5. The monoisotopic (exact) mass is 503 g/mol. The molecule has 194 valence electrons. The van der Waals surface area contributed by atoms with E-state index in [9.17, 15) is 40.2 Å². The van der Waals surface area contributed by atoms with E-state index in [2.05, 4.69) is 5.32 Å². The van der Waals surface area contributed by atoms with Gasteiger partial charge >= 0.3 is 18.3 Å². The highest BCUT2D eigenvalue weighted by Gasteiger charge is 2.58. The van der Waals surface area contributed by atoms with Crippen molar-refractivity contribution in [1.29, 1.82) is 0 Å². The molecule has 0 aliphatic heterocycles. The number of benzene rings is 1. The summed E-state index contributed by atoms with van der Waals surface area (Å²) in [6.07, 6.45) is -7.10. The summed E-state index contributed by atoms with van der Waals surface area (Å²) in [6, 6.07) is 3.66. The Hall–Kier alpha value is -1.46. The highest BCUT2D eigenvalue weighted by atomic mass is 19.4. The fourth-order valence-electron chi connectivity index (χ4n) is 4.92. The SMILES string of the molecule is OC(CNC1(Cc2ccc(C(F)(F)C(F)(F)F)cc2)CCCC(OC2CCCC2)C1)C(F)(F)F. The maximum absolute atomic E-state index is 13.6. The Morgan fingerprint density at radius 2 is 1.50 bits per heavy atom. The second-order valence-electron chi connectivity index (χ2n) is 9.43. The molecule has 3 atom stereocenters. The van der Waals surface area contributed by atoms with Crippen molar-refractivity contribution in [2.75, 3.05) is 6.54 Å². The number of β-amino-alcohol motifs (C(OH)–C–C–N with tert-alkyl or cyclic N) is 1. The van der Waals surface area contributed by atoms with Crippen molar-refractivity contribution in [3.63, 3.8) is 0 Å². The first-order valence-electron chi connectivity index (χ1n) is 11.4. The number of aliphatic hydroxyl groups excluding tert-OH is 1. The molecule has 0 saturated heterocycles. The smallest absolute Gasteiger partial charge is 0.382 e. The van der Waals surface area contributed by atoms with Gasteiger partial charge in [0.2, 0.25) is 0 Å². The van der Waals surface area contributed by atoms with Crippen LogP contribution in [0.5, 0.6) is 0 Å². The quantitative estimate of drug-likeness (QED) is 0.426. The molecule has 3 nitrogen and oxygen atoms in total. The molecule has 2 fully saturated rings. The fraction of sp³-hybridized carbons (Fsp3) is 0.739. The molecule has 3 unspecified atom stereocenters. The Kier molecular flexibility index (Phi) is 8.19. The normalized spacial score (nSPS) is 26.1. The third kappa shape index (κ3) is 6.60. The molecule has 2 aliphatic carbocycles. The lowest BCUT2D eigenvalue weighted by Gasteiger charge is -2.43. The molecule has 1 aromatic rings. The van der Waals surface area contributed by atoms with Crippen LogP contribution in [-0.2, 0) is 17.1 Å². The number of hydrogen-bond donors (Lipinski definition) is 2. The molecule has 0 spiro atoms. The molecule has 0 amide bonds. The zero-order chi connectivity index (χ0) is 25.2. The predicted octanol–water partition coefficient (Wildman–Crippen LogP) is 6.04. The van der Waals surface area contributed by atoms with Crippen molar-refractivity contribution in [2.24, 2.45) is 0 Å². The van der Waals surface area contributed by atoms with Gasteiger partial charge in [0.25, 0.3) is 0 Å². The minimum absolute atomic E-state index is 0.0884. The summed E-state index contributed by atoms with van der Waals surface area (Å²) in [5, 5.41) is 12.3. The highest BCUT2D eigenvalue weighted by Crippen LogP contribution is 2.44. The topological polar surface area (TPSA) is 41.5 Å². The van der Waals surface area contributed by atoms with Crippen LogP contribution in [0.15, 0.2) is 24.3 Å². The zero-order valence-electron chi connectivity index (χ0n) is 18.5. The van der Waals surface area contributed by atoms with Crippen LogP contribution in [-0.4, -0.2) is 47.9 Å². The van der Waals surface area contributed by atoms with Gasteiger partial charge in [-0.25, -0.2) is 0 Å². The Bertz CT molecular complexity index is 790. The molecule has 11 heteroatoms. The summed E-state index contributed by atoms with van der Waals surface area (Å²) in [4.78, 5) is 0. The van der Waals surface area contributed by atoms with Crippen LogP contribution in [0, 0.1) is 0 Å². The number of rotatable bonds is 8. The Labute approximate surface area is 192 Å². The van der Waals surface area contributed by atoms with E-state index < -0.39 is 42.0 Å². The van der Waals surface area contributed by atoms with E-state index >= 15 is 0 Å². The lowest BCUT2D eigenvalue weighted by Crippen LogP contribution is -2.55. The molecule has 34 heavy (non-hydrogen) atoms. The van der Waals surface area contributed by atoms with Gasteiger partial charge in [0.1, 0.15) is 0 Å². The van der Waals surface area contributed by atoms with E-state index in [-0.39, 0.29) is 18.6 Å². The average Bonchev–Trinajstić information content (AvgIpc) is 3.24. The number of aliphatic hydroxyl groups is 1. The van der Waals surface area contributed by atoms with Crippen LogP contribution in [0.2, 0.25) is 0 Å². The van der Waals surface area contributed by atoms with E-state index in [0.29, 0.717) is 37.0 Å². The molecular weight excluding hydrogens is 474 g/mol. The van der Waals surface area contributed by atoms with Crippen molar-refractivity contribution in [3.8, 4) is 0 Å². The van der Waals surface area contributed by atoms with Gasteiger partial charge in [0, 0.05) is 17.6 Å². The predicted molar refractivity (Wildman–Crippen MR) is 108 cm³/mol. The lowest BCUT2D eigenvalue weighted by molar-refractivity contribution is -0.289. The maximum Gasteiger partial charge on any atom is 0.458 e. The molecule has 0 heterocycles. The average molecular weight is 503 g/mol. The van der Waals surface area contributed by atoms with Crippen LogP contribution >= 0.6 is 0 Å². The molecule has 3 rings (SSSR count). The second-order valence-corrected chi connectivity index (χ2v) is 9.43. The summed E-state index contributed by atoms with van der Waals surface area (Å²) >= 11 is 0. The summed E-state index contributed by atoms with van der Waals surface area (Å²) in [5.41, 5.74) is -1.73. The van der Waals surface area contributed by atoms with Gasteiger partial charge in [-0.3, -0.25) is 0 Å². The van der Waals surface area contributed by atoms with E-state index in [0.717, 1.165) is 44.2 Å². The van der Waals surface area contributed by atoms with E-state index in [1.807, 2.05) is 0 Å². The molecule has 0 radical (unpaired) electrons. The number of hydrogen-bond acceptors (Lipinski definition) is 3. The summed E-state index contributed by atoms with van der Waals surface area (Å²) in [5.74, 6) is -5.01. The molecular formula is C23H29F8NO2. The summed E-state index contributed by atoms with van der Waals surface area (Å²) in [6.45, 7) is -0.760. The largest absolute Gasteiger partial charge is 0.458 e. The van der Waals surface area contributed by atoms with Crippen molar-refractivity contribution in [1.82, 2.24) is 5.32 Å². The Morgan fingerprint density at radius 1 is 0.912 bits per heavy atom. The summed E-state index contributed by atoms with van der Waals surface area (Å²) in [7, 11) is 0. The van der Waals surface area contributed by atoms with Gasteiger partial charge in [-0.1, -0.05) is 37.1 Å². The lowest BCUT2D eigenvalue weighted by atomic mass is 9.75. The van der Waals surface area contributed by atoms with Gasteiger partial charge in [0.15, 0.2) is 6.10 Å². The van der Waals surface area contributed by atoms with Crippen LogP contribution in [0.1, 0.15) is 62.5 Å². The van der Waals surface area contributed by atoms with Crippen LogP contribution in [0.25, 0.3) is 0 Å². The standard InChI is InChI=1S/C23H29F8NO2/c24-21(25,23(29,30)31)16-9-7-15(8-10-16)12-20(32-14-19(33)22(26,27)28)11-3-6-18(13-20)34-17-4-1-2-5-17/h7-10,17-19,32-33H,1-6,11-14H2. The third-order valence-corrected chi connectivity index (χ3v) is 6.75. The minimum atomic E-state index is -5.74. The van der Waals surface area contributed by atoms with Crippen LogP contribution < -0.4 is 5.32 Å². The highest BCUT2D eigenvalue weighted by molar-refractivity contribution is 5.28. The molecule has 0 bridgehead atoms. The van der Waals surface area contributed by atoms with Gasteiger partial charge in [-0.2, -0.15) is 35.1 Å². The van der Waals surface area contributed by atoms with E-state index in [1.54, 1.807) is 0 Å². The number of ether oxygens (including phenoxy) is 1. The van der Waals surface area contributed by atoms with Crippen molar-refractivity contribution in [2.45, 2.75) is 99.9 Å². The molecule has 2 saturated carbocycles. The van der Waals surface area contributed by atoms with Gasteiger partial charge in [-0.05, 0) is 50.5 Å². The van der Waals surface area contributed by atoms with Gasteiger partial charge < -0.3 is 15.2 Å².